The molecule has 106 valence electrons. The van der Waals surface area contributed by atoms with Gasteiger partial charge >= 0.3 is 0 Å². The van der Waals surface area contributed by atoms with E-state index in [-0.39, 0.29) is 0 Å². The number of hydrogen-bond donors (Lipinski definition) is 1. The van der Waals surface area contributed by atoms with Crippen molar-refractivity contribution in [3.63, 3.8) is 0 Å². The molecule has 0 bridgehead atoms. The van der Waals surface area contributed by atoms with Gasteiger partial charge in [0.05, 0.1) is 16.9 Å². The van der Waals surface area contributed by atoms with Crippen LogP contribution in [0, 0.1) is 0 Å². The Bertz CT molecular complexity index is 462. The summed E-state index contributed by atoms with van der Waals surface area (Å²) in [6, 6.07) is 0.514. The Balaban J connectivity index is 1.89. The Morgan fingerprint density at radius 1 is 1.53 bits per heavy atom. The molecule has 1 aromatic heterocycles. The number of hydrogen-bond acceptors (Lipinski definition) is 3. The van der Waals surface area contributed by atoms with Crippen LogP contribution in [0.1, 0.15) is 44.7 Å². The maximum Gasteiger partial charge on any atom is 0.110 e. The van der Waals surface area contributed by atoms with Crippen LogP contribution in [0.3, 0.4) is 0 Å². The molecule has 19 heavy (non-hydrogen) atoms. The van der Waals surface area contributed by atoms with Gasteiger partial charge in [-0.25, -0.2) is 0 Å². The highest BCUT2D eigenvalue weighted by Crippen LogP contribution is 2.41. The molecule has 0 aromatic carbocycles. The maximum atomic E-state index is 11.1. The van der Waals surface area contributed by atoms with E-state index in [0.29, 0.717) is 11.1 Å². The molecular formula is C14H22ClN3O. The minimum absolute atomic E-state index is 0.514. The quantitative estimate of drug-likeness (QED) is 0.926. The molecule has 0 saturated carbocycles. The third kappa shape index (κ3) is 2.30. The Hall–Kier alpha value is -0.580. The monoisotopic (exact) mass is 283 g/mol. The molecule has 2 aliphatic rings. The molecule has 0 amide bonds. The third-order valence-corrected chi connectivity index (χ3v) is 4.83. The van der Waals surface area contributed by atoms with Crippen molar-refractivity contribution in [3.05, 3.63) is 16.9 Å². The fourth-order valence-electron chi connectivity index (χ4n) is 3.66. The smallest absolute Gasteiger partial charge is 0.110 e. The summed E-state index contributed by atoms with van der Waals surface area (Å²) in [7, 11) is 0. The first kappa shape index (κ1) is 13.4. The molecule has 3 heterocycles. The van der Waals surface area contributed by atoms with Crippen LogP contribution in [0.15, 0.2) is 6.20 Å². The fourth-order valence-corrected chi connectivity index (χ4v) is 3.98. The lowest BCUT2D eigenvalue weighted by Crippen LogP contribution is -2.47. The average Bonchev–Trinajstić information content (AvgIpc) is 2.96. The second-order valence-electron chi connectivity index (χ2n) is 5.88. The number of piperidine rings is 1. The van der Waals surface area contributed by atoms with E-state index in [2.05, 4.69) is 16.9 Å². The number of nitrogens with zero attached hydrogens (tertiary/aromatic N) is 3. The summed E-state index contributed by atoms with van der Waals surface area (Å²) in [4.78, 5) is 2.50. The van der Waals surface area contributed by atoms with Crippen molar-refractivity contribution < 1.29 is 5.11 Å². The van der Waals surface area contributed by atoms with E-state index in [0.717, 1.165) is 38.0 Å². The number of fused-ring (bicyclic) bond motifs is 1. The van der Waals surface area contributed by atoms with Crippen molar-refractivity contribution in [1.29, 1.82) is 0 Å². The van der Waals surface area contributed by atoms with Gasteiger partial charge in [-0.2, -0.15) is 5.10 Å². The number of aromatic nitrogens is 2. The summed E-state index contributed by atoms with van der Waals surface area (Å²) in [6.07, 6.45) is 6.67. The minimum Gasteiger partial charge on any atom is -0.383 e. The van der Waals surface area contributed by atoms with Crippen LogP contribution >= 0.6 is 11.6 Å². The van der Waals surface area contributed by atoms with E-state index in [1.165, 1.54) is 19.4 Å². The number of aliphatic hydroxyl groups is 1. The Morgan fingerprint density at radius 2 is 2.37 bits per heavy atom. The van der Waals surface area contributed by atoms with Crippen molar-refractivity contribution >= 4 is 11.6 Å². The van der Waals surface area contributed by atoms with Crippen LogP contribution in [-0.2, 0) is 12.1 Å². The van der Waals surface area contributed by atoms with Crippen LogP contribution < -0.4 is 0 Å². The van der Waals surface area contributed by atoms with Gasteiger partial charge in [0, 0.05) is 19.1 Å². The summed E-state index contributed by atoms with van der Waals surface area (Å²) < 4.78 is 1.90. The number of halogens is 1. The molecule has 4 nitrogen and oxygen atoms in total. The molecule has 3 rings (SSSR count). The fraction of sp³-hybridized carbons (Fsp3) is 0.786. The van der Waals surface area contributed by atoms with Crippen molar-refractivity contribution in [2.45, 2.75) is 57.2 Å². The predicted molar refractivity (Wildman–Crippen MR) is 75.3 cm³/mol. The van der Waals surface area contributed by atoms with Crippen molar-refractivity contribution in [2.75, 3.05) is 13.1 Å². The molecule has 2 saturated heterocycles. The van der Waals surface area contributed by atoms with Crippen LogP contribution in [0.2, 0.25) is 5.02 Å². The third-order valence-electron chi connectivity index (χ3n) is 4.56. The lowest BCUT2D eigenvalue weighted by atomic mass is 9.84. The summed E-state index contributed by atoms with van der Waals surface area (Å²) in [6.45, 7) is 5.08. The zero-order valence-electron chi connectivity index (χ0n) is 11.5. The topological polar surface area (TPSA) is 41.3 Å². The highest BCUT2D eigenvalue weighted by molar-refractivity contribution is 6.31. The van der Waals surface area contributed by atoms with Gasteiger partial charge in [0.25, 0.3) is 0 Å². The lowest BCUT2D eigenvalue weighted by molar-refractivity contribution is -0.0471. The molecule has 2 aliphatic heterocycles. The van der Waals surface area contributed by atoms with Gasteiger partial charge in [-0.15, -0.1) is 0 Å². The molecule has 1 N–H and O–H groups in total. The van der Waals surface area contributed by atoms with Crippen LogP contribution in [0.5, 0.6) is 0 Å². The molecule has 0 aliphatic carbocycles. The van der Waals surface area contributed by atoms with E-state index in [4.69, 9.17) is 11.6 Å². The highest BCUT2D eigenvalue weighted by atomic mass is 35.5. The second kappa shape index (κ2) is 5.08. The van der Waals surface area contributed by atoms with E-state index < -0.39 is 5.60 Å². The van der Waals surface area contributed by atoms with E-state index in [9.17, 15) is 5.11 Å². The second-order valence-corrected chi connectivity index (χ2v) is 6.29. The molecule has 0 radical (unpaired) electrons. The Labute approximate surface area is 119 Å². The van der Waals surface area contributed by atoms with Gasteiger partial charge < -0.3 is 10.0 Å². The average molecular weight is 284 g/mol. The van der Waals surface area contributed by atoms with Gasteiger partial charge in [-0.1, -0.05) is 18.5 Å². The summed E-state index contributed by atoms with van der Waals surface area (Å²) in [5.74, 6) is 0. The normalized spacial score (nSPS) is 31.6. The van der Waals surface area contributed by atoms with Gasteiger partial charge in [-0.05, 0) is 38.6 Å². The van der Waals surface area contributed by atoms with Crippen molar-refractivity contribution in [3.8, 4) is 0 Å². The largest absolute Gasteiger partial charge is 0.383 e. The Morgan fingerprint density at radius 3 is 3.16 bits per heavy atom. The predicted octanol–water partition coefficient (Wildman–Crippen LogP) is 2.39. The molecule has 1 aromatic rings. The first-order valence-corrected chi connectivity index (χ1v) is 7.70. The molecular weight excluding hydrogens is 262 g/mol. The zero-order valence-corrected chi connectivity index (χ0v) is 12.2. The SMILES string of the molecule is CCCn1ncc(Cl)c1C1(O)CCN2CCCC2C1. The van der Waals surface area contributed by atoms with E-state index >= 15 is 0 Å². The standard InChI is InChI=1S/C14H22ClN3O/c1-2-6-18-13(12(15)10-16-18)14(19)5-8-17-7-3-4-11(17)9-14/h10-11,19H,2-9H2,1H3. The molecule has 0 spiro atoms. The lowest BCUT2D eigenvalue weighted by Gasteiger charge is -2.41. The first-order valence-electron chi connectivity index (χ1n) is 7.32. The molecule has 5 heteroatoms. The van der Waals surface area contributed by atoms with Crippen molar-refractivity contribution in [2.24, 2.45) is 0 Å². The van der Waals surface area contributed by atoms with Crippen molar-refractivity contribution in [1.82, 2.24) is 14.7 Å². The summed E-state index contributed by atoms with van der Waals surface area (Å²) >= 11 is 6.29. The van der Waals surface area contributed by atoms with Gasteiger partial charge in [-0.3, -0.25) is 4.68 Å². The van der Waals surface area contributed by atoms with Crippen LogP contribution in [0.4, 0.5) is 0 Å². The maximum absolute atomic E-state index is 11.1. The number of rotatable bonds is 3. The van der Waals surface area contributed by atoms with Crippen LogP contribution in [0.25, 0.3) is 0 Å². The first-order chi connectivity index (χ1) is 9.14. The van der Waals surface area contributed by atoms with E-state index in [1.807, 2.05) is 4.68 Å². The Kier molecular flexibility index (Phi) is 3.58. The van der Waals surface area contributed by atoms with Gasteiger partial charge in [0.1, 0.15) is 5.60 Å². The minimum atomic E-state index is -0.797. The van der Waals surface area contributed by atoms with E-state index in [1.54, 1.807) is 6.20 Å². The van der Waals surface area contributed by atoms with Gasteiger partial charge in [0.15, 0.2) is 0 Å². The zero-order chi connectivity index (χ0) is 13.5. The highest BCUT2D eigenvalue weighted by Gasteiger charge is 2.44. The molecule has 2 unspecified atom stereocenters. The summed E-state index contributed by atoms with van der Waals surface area (Å²) in [5, 5.41) is 16.0. The molecule has 2 atom stereocenters. The number of aryl methyl sites for hydroxylation is 1. The molecule has 2 fully saturated rings. The summed E-state index contributed by atoms with van der Waals surface area (Å²) in [5.41, 5.74) is 0.0383. The van der Waals surface area contributed by atoms with Crippen LogP contribution in [-0.4, -0.2) is 38.9 Å². The van der Waals surface area contributed by atoms with Gasteiger partial charge in [0.2, 0.25) is 0 Å².